The predicted octanol–water partition coefficient (Wildman–Crippen LogP) is 2.11. The van der Waals surface area contributed by atoms with Gasteiger partial charge >= 0.3 is 0 Å². The van der Waals surface area contributed by atoms with Crippen molar-refractivity contribution in [3.8, 4) is 17.1 Å². The summed E-state index contributed by atoms with van der Waals surface area (Å²) in [4.78, 5) is 46.1. The number of ether oxygens (including phenoxy) is 1. The summed E-state index contributed by atoms with van der Waals surface area (Å²) in [6, 6.07) is 6.95. The molecule has 1 aliphatic rings. The fourth-order valence-electron chi connectivity index (χ4n) is 5.08. The van der Waals surface area contributed by atoms with Crippen molar-refractivity contribution in [2.75, 3.05) is 26.2 Å². The summed E-state index contributed by atoms with van der Waals surface area (Å²) in [5, 5.41) is 10.1. The van der Waals surface area contributed by atoms with Crippen LogP contribution in [-0.2, 0) is 23.2 Å². The summed E-state index contributed by atoms with van der Waals surface area (Å²) in [6.45, 7) is 5.29. The van der Waals surface area contributed by atoms with Gasteiger partial charge in [0.05, 0.1) is 19.3 Å². The average Bonchev–Trinajstić information content (AvgIpc) is 3.67. The molecule has 5 rings (SSSR count). The molecule has 41 heavy (non-hydrogen) atoms. The van der Waals surface area contributed by atoms with E-state index in [1.807, 2.05) is 66.7 Å². The Morgan fingerprint density at radius 3 is 2.85 bits per heavy atom. The van der Waals surface area contributed by atoms with Gasteiger partial charge in [-0.1, -0.05) is 26.0 Å². The van der Waals surface area contributed by atoms with Crippen LogP contribution in [0.5, 0.6) is 5.75 Å². The molecule has 3 amide bonds. The summed E-state index contributed by atoms with van der Waals surface area (Å²) in [7, 11) is 1.84. The SMILES string of the molecule is CC(C)C[C@H]1NC(=O)CN(C(=O)c2cnn3ccn(C)c23)CCCOc2cccc(c2)-c2nccn2CCNC1=O. The molecule has 0 unspecified atom stereocenters. The second-order valence-electron chi connectivity index (χ2n) is 10.7. The number of aryl methyl sites for hydroxylation is 1. The lowest BCUT2D eigenvalue weighted by Crippen LogP contribution is -2.51. The van der Waals surface area contributed by atoms with E-state index in [0.29, 0.717) is 49.5 Å². The van der Waals surface area contributed by atoms with Crippen LogP contribution in [-0.4, -0.2) is 78.6 Å². The van der Waals surface area contributed by atoms with Crippen LogP contribution in [0.25, 0.3) is 17.0 Å². The second kappa shape index (κ2) is 12.3. The van der Waals surface area contributed by atoms with Crippen molar-refractivity contribution in [2.45, 2.75) is 39.3 Å². The van der Waals surface area contributed by atoms with Gasteiger partial charge < -0.3 is 29.4 Å². The Morgan fingerprint density at radius 2 is 2.02 bits per heavy atom. The summed E-state index contributed by atoms with van der Waals surface area (Å²) < 4.78 is 11.4. The smallest absolute Gasteiger partial charge is 0.259 e. The Bertz CT molecular complexity index is 1530. The highest BCUT2D eigenvalue weighted by Crippen LogP contribution is 2.23. The Labute approximate surface area is 238 Å². The molecule has 1 atom stereocenters. The summed E-state index contributed by atoms with van der Waals surface area (Å²) >= 11 is 0. The van der Waals surface area contributed by atoms with Crippen molar-refractivity contribution >= 4 is 23.4 Å². The lowest BCUT2D eigenvalue weighted by Gasteiger charge is -2.25. The molecule has 0 saturated heterocycles. The number of nitrogens with one attached hydrogen (secondary N) is 2. The fourth-order valence-corrected chi connectivity index (χ4v) is 5.08. The van der Waals surface area contributed by atoms with Gasteiger partial charge in [-0.15, -0.1) is 0 Å². The van der Waals surface area contributed by atoms with Crippen molar-refractivity contribution in [3.63, 3.8) is 0 Å². The molecule has 2 bridgehead atoms. The first-order valence-corrected chi connectivity index (χ1v) is 13.9. The third-order valence-electron chi connectivity index (χ3n) is 7.05. The van der Waals surface area contributed by atoms with Crippen LogP contribution in [0.3, 0.4) is 0 Å². The normalized spacial score (nSPS) is 17.4. The third kappa shape index (κ3) is 6.42. The first-order chi connectivity index (χ1) is 19.8. The van der Waals surface area contributed by atoms with Crippen LogP contribution in [0, 0.1) is 5.92 Å². The maximum Gasteiger partial charge on any atom is 0.259 e. The summed E-state index contributed by atoms with van der Waals surface area (Å²) in [6.07, 6.45) is 9.65. The zero-order chi connectivity index (χ0) is 28.9. The zero-order valence-electron chi connectivity index (χ0n) is 23.6. The van der Waals surface area contributed by atoms with Gasteiger partial charge in [0, 0.05) is 57.0 Å². The molecule has 0 saturated carbocycles. The highest BCUT2D eigenvalue weighted by atomic mass is 16.5. The molecule has 0 aliphatic carbocycles. The molecule has 0 spiro atoms. The van der Waals surface area contributed by atoms with Crippen LogP contribution in [0.1, 0.15) is 37.0 Å². The molecule has 1 aliphatic heterocycles. The van der Waals surface area contributed by atoms with Crippen molar-refractivity contribution in [2.24, 2.45) is 13.0 Å². The molecule has 12 nitrogen and oxygen atoms in total. The number of carbonyl (C=O) groups excluding carboxylic acids is 3. The van der Waals surface area contributed by atoms with Crippen molar-refractivity contribution in [1.82, 2.24) is 39.3 Å². The minimum Gasteiger partial charge on any atom is -0.494 e. The number of amides is 3. The number of nitrogens with zero attached hydrogens (tertiary/aromatic N) is 6. The first kappa shape index (κ1) is 27.9. The largest absolute Gasteiger partial charge is 0.494 e. The topological polar surface area (TPSA) is 128 Å². The van der Waals surface area contributed by atoms with E-state index in [1.54, 1.807) is 16.9 Å². The number of rotatable bonds is 3. The number of fused-ring (bicyclic) bond motifs is 5. The first-order valence-electron chi connectivity index (χ1n) is 13.9. The van der Waals surface area contributed by atoms with Crippen LogP contribution in [0.15, 0.2) is 55.2 Å². The standard InChI is InChI=1S/C29H36N8O4/c1-20(2)16-24-27(39)31-9-12-35-11-8-30-26(35)21-6-4-7-22(17-21)41-15-5-10-36(19-25(38)33-24)29(40)23-18-32-37-14-13-34(3)28(23)37/h4,6-8,11,13-14,17-18,20,24H,5,9-10,12,15-16,19H2,1-3H3,(H,31,39)(H,33,38)/t24-/m1/s1. The van der Waals surface area contributed by atoms with Gasteiger partial charge in [-0.2, -0.15) is 5.10 Å². The molecular formula is C29H36N8O4. The van der Waals surface area contributed by atoms with Crippen molar-refractivity contribution < 1.29 is 19.1 Å². The lowest BCUT2D eigenvalue weighted by atomic mass is 10.0. The van der Waals surface area contributed by atoms with Gasteiger partial charge in [0.2, 0.25) is 11.8 Å². The number of hydrogen-bond acceptors (Lipinski definition) is 6. The number of carbonyl (C=O) groups is 3. The molecule has 12 heteroatoms. The molecule has 216 valence electrons. The third-order valence-corrected chi connectivity index (χ3v) is 7.05. The van der Waals surface area contributed by atoms with Crippen LogP contribution in [0.4, 0.5) is 0 Å². The van der Waals surface area contributed by atoms with Gasteiger partial charge in [-0.25, -0.2) is 9.50 Å². The van der Waals surface area contributed by atoms with E-state index < -0.39 is 11.9 Å². The van der Waals surface area contributed by atoms with E-state index in [-0.39, 0.29) is 30.8 Å². The predicted molar refractivity (Wildman–Crippen MR) is 152 cm³/mol. The summed E-state index contributed by atoms with van der Waals surface area (Å²) in [5.74, 6) is 0.643. The van der Waals surface area contributed by atoms with Gasteiger partial charge in [-0.05, 0) is 30.9 Å². The highest BCUT2D eigenvalue weighted by Gasteiger charge is 2.27. The quantitative estimate of drug-likeness (QED) is 0.395. The molecule has 3 aromatic heterocycles. The van der Waals surface area contributed by atoms with E-state index in [0.717, 1.165) is 11.4 Å². The van der Waals surface area contributed by atoms with Crippen LogP contribution >= 0.6 is 0 Å². The van der Waals surface area contributed by atoms with Gasteiger partial charge in [0.1, 0.15) is 28.8 Å². The Hall–Kier alpha value is -4.61. The molecule has 2 N–H and O–H groups in total. The van der Waals surface area contributed by atoms with E-state index in [4.69, 9.17) is 4.74 Å². The van der Waals surface area contributed by atoms with Gasteiger partial charge in [-0.3, -0.25) is 14.4 Å². The minimum absolute atomic E-state index is 0.171. The Morgan fingerprint density at radius 1 is 1.17 bits per heavy atom. The number of benzene rings is 1. The maximum atomic E-state index is 13.7. The maximum absolute atomic E-state index is 13.7. The van der Waals surface area contributed by atoms with Crippen LogP contribution in [0.2, 0.25) is 0 Å². The van der Waals surface area contributed by atoms with Gasteiger partial charge in [0.15, 0.2) is 0 Å². The molecule has 4 aromatic rings. The van der Waals surface area contributed by atoms with E-state index in [1.165, 1.54) is 11.1 Å². The summed E-state index contributed by atoms with van der Waals surface area (Å²) in [5.41, 5.74) is 1.93. The monoisotopic (exact) mass is 560 g/mol. The van der Waals surface area contributed by atoms with E-state index in [9.17, 15) is 14.4 Å². The Kier molecular flexibility index (Phi) is 8.37. The minimum atomic E-state index is -0.726. The van der Waals surface area contributed by atoms with Crippen LogP contribution < -0.4 is 15.4 Å². The second-order valence-corrected chi connectivity index (χ2v) is 10.7. The zero-order valence-corrected chi connectivity index (χ0v) is 23.6. The van der Waals surface area contributed by atoms with Crippen molar-refractivity contribution in [1.29, 1.82) is 0 Å². The van der Waals surface area contributed by atoms with E-state index >= 15 is 0 Å². The number of imidazole rings is 2. The molecule has 1 aromatic carbocycles. The molecular weight excluding hydrogens is 524 g/mol. The van der Waals surface area contributed by atoms with Gasteiger partial charge in [0.25, 0.3) is 5.91 Å². The number of hydrogen-bond donors (Lipinski definition) is 2. The fraction of sp³-hybridized carbons (Fsp3) is 0.414. The number of aromatic nitrogens is 5. The lowest BCUT2D eigenvalue weighted by molar-refractivity contribution is -0.129. The Balaban J connectivity index is 1.42. The molecule has 0 fully saturated rings. The highest BCUT2D eigenvalue weighted by molar-refractivity contribution is 6.01. The van der Waals surface area contributed by atoms with Crippen molar-refractivity contribution in [3.05, 3.63) is 60.8 Å². The molecule has 0 radical (unpaired) electrons. The van der Waals surface area contributed by atoms with E-state index in [2.05, 4.69) is 20.7 Å². The molecule has 4 heterocycles. The average molecular weight is 561 g/mol.